The van der Waals surface area contributed by atoms with Gasteiger partial charge in [-0.15, -0.1) is 0 Å². The second kappa shape index (κ2) is 8.26. The fraction of sp³-hybridized carbons (Fsp3) is 0.250. The Hall–Kier alpha value is -3.49. The maximum atomic E-state index is 13.0. The van der Waals surface area contributed by atoms with Gasteiger partial charge in [0, 0.05) is 5.69 Å². The van der Waals surface area contributed by atoms with Crippen LogP contribution in [0.3, 0.4) is 0 Å². The Morgan fingerprint density at radius 1 is 1.14 bits per heavy atom. The number of nitrogens with zero attached hydrogens (tertiary/aromatic N) is 1. The minimum Gasteiger partial charge on any atom is -0.435 e. The highest BCUT2D eigenvalue weighted by molar-refractivity contribution is 6.10. The number of carbonyl (C=O) groups is 3. The van der Waals surface area contributed by atoms with E-state index in [0.29, 0.717) is 17.7 Å². The van der Waals surface area contributed by atoms with E-state index in [-0.39, 0.29) is 5.75 Å². The molecule has 0 bridgehead atoms. The fourth-order valence-electron chi connectivity index (χ4n) is 3.20. The number of imide groups is 1. The van der Waals surface area contributed by atoms with E-state index in [4.69, 9.17) is 0 Å². The predicted molar refractivity (Wildman–Crippen MR) is 100 cm³/mol. The lowest BCUT2D eigenvalue weighted by Gasteiger charge is -2.25. The van der Waals surface area contributed by atoms with Crippen LogP contribution in [-0.4, -0.2) is 35.9 Å². The molecular formula is C20H19F2N3O4. The van der Waals surface area contributed by atoms with Crippen molar-refractivity contribution in [2.24, 2.45) is 0 Å². The summed E-state index contributed by atoms with van der Waals surface area (Å²) in [6, 6.07) is 13.5. The van der Waals surface area contributed by atoms with E-state index in [9.17, 15) is 23.2 Å². The largest absolute Gasteiger partial charge is 0.435 e. The zero-order valence-corrected chi connectivity index (χ0v) is 15.5. The third-order valence-corrected chi connectivity index (χ3v) is 4.64. The molecule has 3 rings (SSSR count). The van der Waals surface area contributed by atoms with Gasteiger partial charge in [-0.2, -0.15) is 8.78 Å². The number of amides is 4. The third kappa shape index (κ3) is 4.18. The molecule has 1 atom stereocenters. The minimum absolute atomic E-state index is 0.0531. The maximum Gasteiger partial charge on any atom is 0.387 e. The van der Waals surface area contributed by atoms with Crippen LogP contribution in [-0.2, 0) is 15.1 Å². The summed E-state index contributed by atoms with van der Waals surface area (Å²) in [5, 5.41) is 5.22. The van der Waals surface area contributed by atoms with Crippen molar-refractivity contribution in [1.82, 2.24) is 10.2 Å². The number of urea groups is 1. The van der Waals surface area contributed by atoms with Crippen molar-refractivity contribution in [2.45, 2.75) is 25.5 Å². The molecule has 4 amide bonds. The van der Waals surface area contributed by atoms with Gasteiger partial charge in [-0.05, 0) is 36.2 Å². The number of alkyl halides is 2. The molecule has 7 nitrogen and oxygen atoms in total. The lowest BCUT2D eigenvalue weighted by atomic mass is 9.87. The van der Waals surface area contributed by atoms with Crippen LogP contribution in [0.5, 0.6) is 5.75 Å². The molecule has 29 heavy (non-hydrogen) atoms. The van der Waals surface area contributed by atoms with Gasteiger partial charge in [0.1, 0.15) is 17.8 Å². The molecular weight excluding hydrogens is 384 g/mol. The Morgan fingerprint density at radius 3 is 2.38 bits per heavy atom. The van der Waals surface area contributed by atoms with E-state index < -0.39 is 36.5 Å². The van der Waals surface area contributed by atoms with Gasteiger partial charge in [0.25, 0.3) is 5.91 Å². The number of nitrogens with one attached hydrogen (secondary N) is 2. The Kier molecular flexibility index (Phi) is 5.76. The molecule has 1 fully saturated rings. The molecule has 0 spiro atoms. The van der Waals surface area contributed by atoms with Gasteiger partial charge in [-0.3, -0.25) is 14.5 Å². The number of rotatable bonds is 7. The molecule has 0 saturated carbocycles. The number of halogens is 2. The Balaban J connectivity index is 1.69. The molecule has 0 aromatic heterocycles. The summed E-state index contributed by atoms with van der Waals surface area (Å²) in [6.07, 6.45) is 0.325. The van der Waals surface area contributed by atoms with Crippen molar-refractivity contribution in [3.8, 4) is 5.75 Å². The molecule has 1 aliphatic heterocycles. The zero-order chi connectivity index (χ0) is 21.0. The first kappa shape index (κ1) is 20.2. The zero-order valence-electron chi connectivity index (χ0n) is 15.5. The van der Waals surface area contributed by atoms with E-state index in [1.54, 1.807) is 37.3 Å². The van der Waals surface area contributed by atoms with Crippen LogP contribution in [0.1, 0.15) is 18.9 Å². The van der Waals surface area contributed by atoms with Crippen LogP contribution < -0.4 is 15.4 Å². The van der Waals surface area contributed by atoms with E-state index in [2.05, 4.69) is 15.4 Å². The first-order chi connectivity index (χ1) is 13.9. The van der Waals surface area contributed by atoms with Crippen LogP contribution in [0.25, 0.3) is 0 Å². The number of anilines is 1. The number of benzene rings is 2. The fourth-order valence-corrected chi connectivity index (χ4v) is 3.20. The number of hydrogen-bond acceptors (Lipinski definition) is 4. The van der Waals surface area contributed by atoms with Crippen molar-refractivity contribution in [1.29, 1.82) is 0 Å². The summed E-state index contributed by atoms with van der Waals surface area (Å²) in [6.45, 7) is -1.65. The monoisotopic (exact) mass is 403 g/mol. The molecule has 1 saturated heterocycles. The first-order valence-corrected chi connectivity index (χ1v) is 8.90. The van der Waals surface area contributed by atoms with Crippen LogP contribution >= 0.6 is 0 Å². The first-order valence-electron chi connectivity index (χ1n) is 8.90. The Labute approximate surface area is 165 Å². The average molecular weight is 403 g/mol. The molecule has 0 radical (unpaired) electrons. The molecule has 1 heterocycles. The van der Waals surface area contributed by atoms with Crippen LogP contribution in [0.4, 0.5) is 19.3 Å². The van der Waals surface area contributed by atoms with E-state index in [0.717, 1.165) is 4.90 Å². The number of ether oxygens (including phenoxy) is 1. The molecule has 2 aromatic rings. The van der Waals surface area contributed by atoms with E-state index in [1.165, 1.54) is 24.3 Å². The third-order valence-electron chi connectivity index (χ3n) is 4.64. The summed E-state index contributed by atoms with van der Waals surface area (Å²) < 4.78 is 28.6. The van der Waals surface area contributed by atoms with Gasteiger partial charge in [0.2, 0.25) is 5.91 Å². The number of carbonyl (C=O) groups excluding carboxylic acids is 3. The van der Waals surface area contributed by atoms with Gasteiger partial charge in [0.05, 0.1) is 0 Å². The predicted octanol–water partition coefficient (Wildman–Crippen LogP) is 3.08. The maximum absolute atomic E-state index is 13.0. The lowest BCUT2D eigenvalue weighted by molar-refractivity contribution is -0.134. The van der Waals surface area contributed by atoms with Crippen molar-refractivity contribution >= 4 is 23.5 Å². The quantitative estimate of drug-likeness (QED) is 0.696. The normalized spacial score (nSPS) is 18.7. The van der Waals surface area contributed by atoms with E-state index in [1.807, 2.05) is 0 Å². The van der Waals surface area contributed by atoms with E-state index >= 15 is 0 Å². The molecule has 1 aliphatic rings. The Morgan fingerprint density at radius 2 is 1.79 bits per heavy atom. The summed E-state index contributed by atoms with van der Waals surface area (Å²) in [5.41, 5.74) is -0.265. The highest BCUT2D eigenvalue weighted by Gasteiger charge is 2.51. The topological polar surface area (TPSA) is 87.7 Å². The number of hydrogen-bond donors (Lipinski definition) is 2. The van der Waals surface area contributed by atoms with Gasteiger partial charge in [0.15, 0.2) is 0 Å². The van der Waals surface area contributed by atoms with Gasteiger partial charge in [-0.25, -0.2) is 4.79 Å². The van der Waals surface area contributed by atoms with Crippen molar-refractivity contribution < 1.29 is 27.9 Å². The van der Waals surface area contributed by atoms with Crippen LogP contribution in [0.15, 0.2) is 54.6 Å². The van der Waals surface area contributed by atoms with Crippen molar-refractivity contribution in [2.75, 3.05) is 11.9 Å². The van der Waals surface area contributed by atoms with Gasteiger partial charge >= 0.3 is 12.6 Å². The highest BCUT2D eigenvalue weighted by atomic mass is 19.3. The standard InChI is InChI=1S/C20H19F2N3O4/c1-2-20(13-6-4-3-5-7-13)17(27)25(19(28)24-20)12-16(26)23-14-8-10-15(11-9-14)29-18(21)22/h3-11,18H,2,12H2,1H3,(H,23,26)(H,24,28). The molecule has 9 heteroatoms. The lowest BCUT2D eigenvalue weighted by Crippen LogP contribution is -2.44. The molecule has 2 aromatic carbocycles. The van der Waals surface area contributed by atoms with Crippen molar-refractivity contribution in [3.05, 3.63) is 60.2 Å². The molecule has 1 unspecified atom stereocenters. The van der Waals surface area contributed by atoms with Gasteiger partial charge in [-0.1, -0.05) is 37.3 Å². The summed E-state index contributed by atoms with van der Waals surface area (Å²) in [7, 11) is 0. The minimum atomic E-state index is -2.95. The summed E-state index contributed by atoms with van der Waals surface area (Å²) in [5.74, 6) is -1.16. The highest BCUT2D eigenvalue weighted by Crippen LogP contribution is 2.32. The SMILES string of the molecule is CCC1(c2ccccc2)NC(=O)N(CC(=O)Nc2ccc(OC(F)F)cc2)C1=O. The van der Waals surface area contributed by atoms with Gasteiger partial charge < -0.3 is 15.4 Å². The average Bonchev–Trinajstić information content (AvgIpc) is 2.95. The summed E-state index contributed by atoms with van der Waals surface area (Å²) >= 11 is 0. The van der Waals surface area contributed by atoms with Crippen LogP contribution in [0.2, 0.25) is 0 Å². The second-order valence-electron chi connectivity index (χ2n) is 6.40. The molecule has 152 valence electrons. The van der Waals surface area contributed by atoms with Crippen LogP contribution in [0, 0.1) is 0 Å². The Bertz CT molecular complexity index is 906. The smallest absolute Gasteiger partial charge is 0.387 e. The van der Waals surface area contributed by atoms with Crippen molar-refractivity contribution in [3.63, 3.8) is 0 Å². The second-order valence-corrected chi connectivity index (χ2v) is 6.40. The summed E-state index contributed by atoms with van der Waals surface area (Å²) in [4.78, 5) is 38.6. The molecule has 2 N–H and O–H groups in total. The molecule has 0 aliphatic carbocycles.